The Morgan fingerprint density at radius 3 is 1.65 bits per heavy atom. The molecule has 0 amide bonds. The minimum atomic E-state index is 0.559. The van der Waals surface area contributed by atoms with Crippen molar-refractivity contribution in [1.82, 2.24) is 0 Å². The van der Waals surface area contributed by atoms with E-state index in [0.717, 1.165) is 22.3 Å². The Morgan fingerprint density at radius 1 is 0.765 bits per heavy atom. The van der Waals surface area contributed by atoms with E-state index in [0.29, 0.717) is 15.8 Å². The summed E-state index contributed by atoms with van der Waals surface area (Å²) in [6.07, 6.45) is 0. The van der Waals surface area contributed by atoms with Gasteiger partial charge in [0.25, 0.3) is 0 Å². The van der Waals surface area contributed by atoms with Crippen LogP contribution in [0.25, 0.3) is 11.1 Å². The molecule has 2 nitrogen and oxygen atoms in total. The van der Waals surface area contributed by atoms with Crippen LogP contribution < -0.4 is 0 Å². The molecule has 84 valence electrons. The van der Waals surface area contributed by atoms with Crippen LogP contribution in [0.1, 0.15) is 11.1 Å². The molecule has 4 heteroatoms. The van der Waals surface area contributed by atoms with E-state index in [1.54, 1.807) is 12.1 Å². The molecule has 0 heterocycles. The maximum Gasteiger partial charge on any atom is 0.118 e. The Labute approximate surface area is 108 Å². The molecule has 0 fully saturated rings. The first-order valence-corrected chi connectivity index (χ1v) is 5.78. The molecule has 0 saturated carbocycles. The Morgan fingerprint density at radius 2 is 1.24 bits per heavy atom. The summed E-state index contributed by atoms with van der Waals surface area (Å²) in [5, 5.41) is 13.8. The van der Waals surface area contributed by atoms with Crippen LogP contribution in [0.3, 0.4) is 0 Å². The minimum Gasteiger partial charge on any atom is -0.410 e. The number of nitrogens with zero attached hydrogens (tertiary/aromatic N) is 1. The maximum atomic E-state index is 9.12. The zero-order valence-electron chi connectivity index (χ0n) is 8.61. The predicted molar refractivity (Wildman–Crippen MR) is 69.3 cm³/mol. The third-order valence-corrected chi connectivity index (χ3v) is 3.33. The van der Waals surface area contributed by atoms with Gasteiger partial charge in [-0.05, 0) is 35.4 Å². The monoisotopic (exact) mass is 263 g/mol. The van der Waals surface area contributed by atoms with E-state index in [1.165, 1.54) is 0 Å². The van der Waals surface area contributed by atoms with Crippen LogP contribution in [0.5, 0.6) is 0 Å². The summed E-state index contributed by atoms with van der Waals surface area (Å²) in [4.78, 5) is 0. The number of rotatable bonds is 0. The van der Waals surface area contributed by atoms with Crippen LogP contribution in [0, 0.1) is 0 Å². The fourth-order valence-electron chi connectivity index (χ4n) is 2.14. The summed E-state index contributed by atoms with van der Waals surface area (Å²) in [7, 11) is 0. The topological polar surface area (TPSA) is 32.6 Å². The van der Waals surface area contributed by atoms with Gasteiger partial charge in [-0.2, -0.15) is 0 Å². The SMILES string of the molecule is ON=C1c2ccc(Cl)cc2-c2cc(Cl)ccc21. The Bertz CT molecular complexity index is 596. The number of oxime groups is 1. The molecule has 0 atom stereocenters. The fraction of sp³-hybridized carbons (Fsp3) is 0. The van der Waals surface area contributed by atoms with E-state index >= 15 is 0 Å². The second-order valence-corrected chi connectivity index (χ2v) is 4.70. The van der Waals surface area contributed by atoms with Crippen LogP contribution in [-0.4, -0.2) is 10.9 Å². The largest absolute Gasteiger partial charge is 0.410 e. The summed E-state index contributed by atoms with van der Waals surface area (Å²) in [5.74, 6) is 0. The lowest BCUT2D eigenvalue weighted by Gasteiger charge is -2.00. The summed E-state index contributed by atoms with van der Waals surface area (Å²) < 4.78 is 0. The molecule has 3 rings (SSSR count). The van der Waals surface area contributed by atoms with Crippen LogP contribution in [0.15, 0.2) is 41.6 Å². The predicted octanol–water partition coefficient (Wildman–Crippen LogP) is 4.20. The van der Waals surface area contributed by atoms with Crippen molar-refractivity contribution < 1.29 is 5.21 Å². The second-order valence-electron chi connectivity index (χ2n) is 3.83. The summed E-state index contributed by atoms with van der Waals surface area (Å²) in [6.45, 7) is 0. The summed E-state index contributed by atoms with van der Waals surface area (Å²) >= 11 is 12.0. The fourth-order valence-corrected chi connectivity index (χ4v) is 2.49. The van der Waals surface area contributed by atoms with Gasteiger partial charge in [-0.1, -0.05) is 40.5 Å². The van der Waals surface area contributed by atoms with Gasteiger partial charge in [0.05, 0.1) is 0 Å². The van der Waals surface area contributed by atoms with E-state index in [1.807, 2.05) is 24.3 Å². The van der Waals surface area contributed by atoms with Gasteiger partial charge in [-0.15, -0.1) is 0 Å². The molecule has 2 aromatic carbocycles. The molecule has 1 aliphatic carbocycles. The molecule has 17 heavy (non-hydrogen) atoms. The lowest BCUT2D eigenvalue weighted by Crippen LogP contribution is -1.97. The highest BCUT2D eigenvalue weighted by molar-refractivity contribution is 6.33. The van der Waals surface area contributed by atoms with Crippen molar-refractivity contribution in [2.24, 2.45) is 5.16 Å². The number of halogens is 2. The van der Waals surface area contributed by atoms with E-state index in [9.17, 15) is 0 Å². The van der Waals surface area contributed by atoms with Gasteiger partial charge in [-0.3, -0.25) is 0 Å². The Kier molecular flexibility index (Phi) is 2.35. The third-order valence-electron chi connectivity index (χ3n) is 2.86. The first-order chi connectivity index (χ1) is 8.20. The minimum absolute atomic E-state index is 0.559. The molecule has 0 aromatic heterocycles. The zero-order chi connectivity index (χ0) is 12.0. The van der Waals surface area contributed by atoms with Crippen molar-refractivity contribution in [1.29, 1.82) is 0 Å². The van der Waals surface area contributed by atoms with Crippen LogP contribution in [-0.2, 0) is 0 Å². The average molecular weight is 264 g/mol. The molecule has 2 aromatic rings. The summed E-state index contributed by atoms with van der Waals surface area (Å²) in [6, 6.07) is 11.0. The van der Waals surface area contributed by atoms with Crippen LogP contribution in [0.4, 0.5) is 0 Å². The lowest BCUT2D eigenvalue weighted by molar-refractivity contribution is 0.320. The normalized spacial score (nSPS) is 12.2. The quantitative estimate of drug-likeness (QED) is 0.479. The van der Waals surface area contributed by atoms with Gasteiger partial charge in [0.1, 0.15) is 5.71 Å². The van der Waals surface area contributed by atoms with Crippen molar-refractivity contribution in [3.05, 3.63) is 57.6 Å². The van der Waals surface area contributed by atoms with Gasteiger partial charge < -0.3 is 5.21 Å². The summed E-state index contributed by atoms with van der Waals surface area (Å²) in [5.41, 5.74) is 4.19. The van der Waals surface area contributed by atoms with Gasteiger partial charge in [0, 0.05) is 21.2 Å². The first kappa shape index (κ1) is 10.6. The number of hydrogen-bond acceptors (Lipinski definition) is 2. The molecule has 0 bridgehead atoms. The molecule has 0 radical (unpaired) electrons. The highest BCUT2D eigenvalue weighted by atomic mass is 35.5. The van der Waals surface area contributed by atoms with Crippen molar-refractivity contribution in [2.75, 3.05) is 0 Å². The zero-order valence-corrected chi connectivity index (χ0v) is 10.1. The maximum absolute atomic E-state index is 9.12. The number of fused-ring (bicyclic) bond motifs is 3. The Balaban J connectivity index is 2.39. The highest BCUT2D eigenvalue weighted by Crippen LogP contribution is 2.39. The second kappa shape index (κ2) is 3.76. The standard InChI is InChI=1S/C13H7Cl2NO/c14-7-1-3-9-11(5-7)12-6-8(15)2-4-10(12)13(9)16-17/h1-6,17H. The molecule has 0 saturated heterocycles. The molecule has 1 N–H and O–H groups in total. The van der Waals surface area contributed by atoms with Crippen molar-refractivity contribution in [3.8, 4) is 11.1 Å². The van der Waals surface area contributed by atoms with Crippen molar-refractivity contribution >= 4 is 28.9 Å². The van der Waals surface area contributed by atoms with E-state index in [2.05, 4.69) is 5.16 Å². The highest BCUT2D eigenvalue weighted by Gasteiger charge is 2.25. The van der Waals surface area contributed by atoms with Gasteiger partial charge in [0.15, 0.2) is 0 Å². The molecule has 1 aliphatic rings. The molecular formula is C13H7Cl2NO. The van der Waals surface area contributed by atoms with Crippen LogP contribution in [0.2, 0.25) is 10.0 Å². The number of hydrogen-bond donors (Lipinski definition) is 1. The van der Waals surface area contributed by atoms with Gasteiger partial charge >= 0.3 is 0 Å². The average Bonchev–Trinajstić information content (AvgIpc) is 2.62. The van der Waals surface area contributed by atoms with E-state index < -0.39 is 0 Å². The first-order valence-electron chi connectivity index (χ1n) is 5.03. The number of benzene rings is 2. The van der Waals surface area contributed by atoms with E-state index in [-0.39, 0.29) is 0 Å². The Hall–Kier alpha value is -1.51. The molecule has 0 aliphatic heterocycles. The molecule has 0 unspecified atom stereocenters. The van der Waals surface area contributed by atoms with Crippen molar-refractivity contribution in [3.63, 3.8) is 0 Å². The smallest absolute Gasteiger partial charge is 0.118 e. The van der Waals surface area contributed by atoms with Gasteiger partial charge in [0.2, 0.25) is 0 Å². The van der Waals surface area contributed by atoms with Gasteiger partial charge in [-0.25, -0.2) is 0 Å². The van der Waals surface area contributed by atoms with E-state index in [4.69, 9.17) is 28.4 Å². The third kappa shape index (κ3) is 1.53. The molecular weight excluding hydrogens is 257 g/mol. The van der Waals surface area contributed by atoms with Crippen molar-refractivity contribution in [2.45, 2.75) is 0 Å². The lowest BCUT2D eigenvalue weighted by atomic mass is 10.1. The molecule has 0 spiro atoms. The van der Waals surface area contributed by atoms with Crippen LogP contribution >= 0.6 is 23.2 Å².